The number of benzene rings is 1. The highest BCUT2D eigenvalue weighted by molar-refractivity contribution is 6.29. The molecule has 1 aromatic heterocycles. The third-order valence-corrected chi connectivity index (χ3v) is 2.49. The van der Waals surface area contributed by atoms with Gasteiger partial charge in [-0.15, -0.1) is 0 Å². The fraction of sp³-hybridized carbons (Fsp3) is 0.182. The van der Waals surface area contributed by atoms with Crippen LogP contribution in [0, 0.1) is 11.6 Å². The van der Waals surface area contributed by atoms with Crippen LogP contribution in [0.3, 0.4) is 0 Å². The van der Waals surface area contributed by atoms with Gasteiger partial charge in [0.05, 0.1) is 5.69 Å². The molecule has 84 valence electrons. The van der Waals surface area contributed by atoms with E-state index in [1.165, 1.54) is 16.8 Å². The summed E-state index contributed by atoms with van der Waals surface area (Å²) >= 11 is 5.91. The van der Waals surface area contributed by atoms with E-state index in [-0.39, 0.29) is 5.69 Å². The van der Waals surface area contributed by atoms with Crippen LogP contribution < -0.4 is 0 Å². The summed E-state index contributed by atoms with van der Waals surface area (Å²) in [7, 11) is 0. The Morgan fingerprint density at radius 1 is 1.31 bits per heavy atom. The van der Waals surface area contributed by atoms with E-state index in [0.717, 1.165) is 11.8 Å². The standard InChI is InChI=1S/C11H9ClF2N2/c1-2-8-6-11(12)16(15-8)10-4-3-7(13)5-9(10)14/h3-6H,2H2,1H3. The highest BCUT2D eigenvalue weighted by atomic mass is 35.5. The van der Waals surface area contributed by atoms with Crippen molar-refractivity contribution in [3.05, 3.63) is 46.7 Å². The maximum atomic E-state index is 13.5. The van der Waals surface area contributed by atoms with E-state index >= 15 is 0 Å². The minimum absolute atomic E-state index is 0.145. The van der Waals surface area contributed by atoms with Crippen molar-refractivity contribution in [3.8, 4) is 5.69 Å². The van der Waals surface area contributed by atoms with E-state index in [4.69, 9.17) is 11.6 Å². The number of hydrogen-bond acceptors (Lipinski definition) is 1. The minimum atomic E-state index is -0.687. The molecule has 0 spiro atoms. The van der Waals surface area contributed by atoms with E-state index in [2.05, 4.69) is 5.10 Å². The molecule has 0 unspecified atom stereocenters. The first-order valence-corrected chi connectivity index (χ1v) is 5.19. The van der Waals surface area contributed by atoms with E-state index in [0.29, 0.717) is 11.6 Å². The molecule has 2 nitrogen and oxygen atoms in total. The molecule has 0 N–H and O–H groups in total. The van der Waals surface area contributed by atoms with Gasteiger partial charge in [-0.2, -0.15) is 5.10 Å². The SMILES string of the molecule is CCc1cc(Cl)n(-c2ccc(F)cc2F)n1. The molecule has 2 aromatic rings. The van der Waals surface area contributed by atoms with Gasteiger partial charge in [0.2, 0.25) is 0 Å². The van der Waals surface area contributed by atoms with Crippen LogP contribution in [0.1, 0.15) is 12.6 Å². The molecular weight excluding hydrogens is 234 g/mol. The molecule has 0 aliphatic carbocycles. The van der Waals surface area contributed by atoms with E-state index in [9.17, 15) is 8.78 Å². The Bertz CT molecular complexity index is 523. The van der Waals surface area contributed by atoms with Gasteiger partial charge in [-0.3, -0.25) is 0 Å². The monoisotopic (exact) mass is 242 g/mol. The number of nitrogens with zero attached hydrogens (tertiary/aromatic N) is 2. The van der Waals surface area contributed by atoms with Crippen LogP contribution in [0.4, 0.5) is 8.78 Å². The van der Waals surface area contributed by atoms with Crippen LogP contribution in [0.25, 0.3) is 5.69 Å². The lowest BCUT2D eigenvalue weighted by Crippen LogP contribution is -2.01. The maximum absolute atomic E-state index is 13.5. The molecule has 0 saturated heterocycles. The van der Waals surface area contributed by atoms with Crippen LogP contribution in [-0.2, 0) is 6.42 Å². The van der Waals surface area contributed by atoms with Gasteiger partial charge < -0.3 is 0 Å². The fourth-order valence-corrected chi connectivity index (χ4v) is 1.65. The predicted molar refractivity (Wildman–Crippen MR) is 57.9 cm³/mol. The summed E-state index contributed by atoms with van der Waals surface area (Å²) in [6.45, 7) is 1.92. The number of aryl methyl sites for hydroxylation is 1. The van der Waals surface area contributed by atoms with Gasteiger partial charge >= 0.3 is 0 Å². The third kappa shape index (κ3) is 1.93. The van der Waals surface area contributed by atoms with Gasteiger partial charge in [-0.05, 0) is 24.6 Å². The first-order valence-electron chi connectivity index (χ1n) is 4.81. The Morgan fingerprint density at radius 3 is 2.62 bits per heavy atom. The van der Waals surface area contributed by atoms with Gasteiger partial charge in [0.25, 0.3) is 0 Å². The lowest BCUT2D eigenvalue weighted by Gasteiger charge is -2.04. The molecule has 2 rings (SSSR count). The zero-order chi connectivity index (χ0) is 11.7. The third-order valence-electron chi connectivity index (χ3n) is 2.22. The first kappa shape index (κ1) is 11.1. The average molecular weight is 243 g/mol. The van der Waals surface area contributed by atoms with Crippen molar-refractivity contribution < 1.29 is 8.78 Å². The Balaban J connectivity index is 2.53. The van der Waals surface area contributed by atoms with Crippen LogP contribution in [0.5, 0.6) is 0 Å². The van der Waals surface area contributed by atoms with Crippen molar-refractivity contribution in [3.63, 3.8) is 0 Å². The normalized spacial score (nSPS) is 10.8. The summed E-state index contributed by atoms with van der Waals surface area (Å²) < 4.78 is 27.5. The molecule has 0 fully saturated rings. The van der Waals surface area contributed by atoms with Gasteiger partial charge in [-0.25, -0.2) is 13.5 Å². The zero-order valence-corrected chi connectivity index (χ0v) is 9.30. The second-order valence-electron chi connectivity index (χ2n) is 3.32. The molecule has 0 atom stereocenters. The van der Waals surface area contributed by atoms with Gasteiger partial charge in [-0.1, -0.05) is 18.5 Å². The highest BCUT2D eigenvalue weighted by Gasteiger charge is 2.11. The topological polar surface area (TPSA) is 17.8 Å². The molecule has 1 aromatic carbocycles. The molecule has 5 heteroatoms. The number of hydrogen-bond donors (Lipinski definition) is 0. The second-order valence-corrected chi connectivity index (χ2v) is 3.71. The number of aromatic nitrogens is 2. The van der Waals surface area contributed by atoms with Crippen molar-refractivity contribution in [2.24, 2.45) is 0 Å². The Morgan fingerprint density at radius 2 is 2.06 bits per heavy atom. The molecule has 0 aliphatic rings. The first-order chi connectivity index (χ1) is 7.61. The van der Waals surface area contributed by atoms with Gasteiger partial charge in [0.15, 0.2) is 5.82 Å². The smallest absolute Gasteiger partial charge is 0.151 e. The van der Waals surface area contributed by atoms with Gasteiger partial charge in [0.1, 0.15) is 16.7 Å². The second kappa shape index (κ2) is 4.22. The molecular formula is C11H9ClF2N2. The van der Waals surface area contributed by atoms with Crippen molar-refractivity contribution in [2.75, 3.05) is 0 Å². The Kier molecular flexibility index (Phi) is 2.92. The van der Waals surface area contributed by atoms with Crippen molar-refractivity contribution in [2.45, 2.75) is 13.3 Å². The van der Waals surface area contributed by atoms with Crippen molar-refractivity contribution >= 4 is 11.6 Å². The van der Waals surface area contributed by atoms with Crippen molar-refractivity contribution in [1.29, 1.82) is 0 Å². The van der Waals surface area contributed by atoms with E-state index in [1.807, 2.05) is 6.92 Å². The largest absolute Gasteiger partial charge is 0.219 e. The fourth-order valence-electron chi connectivity index (χ4n) is 1.40. The van der Waals surface area contributed by atoms with Crippen LogP contribution in [0.15, 0.2) is 24.3 Å². The molecule has 1 heterocycles. The number of halogens is 3. The zero-order valence-electron chi connectivity index (χ0n) is 8.54. The van der Waals surface area contributed by atoms with Crippen molar-refractivity contribution in [1.82, 2.24) is 9.78 Å². The van der Waals surface area contributed by atoms with Crippen LogP contribution >= 0.6 is 11.6 Å². The molecule has 0 bridgehead atoms. The number of rotatable bonds is 2. The minimum Gasteiger partial charge on any atom is -0.219 e. The summed E-state index contributed by atoms with van der Waals surface area (Å²) in [5.74, 6) is -1.31. The summed E-state index contributed by atoms with van der Waals surface area (Å²) in [6.07, 6.45) is 0.704. The summed E-state index contributed by atoms with van der Waals surface area (Å²) in [4.78, 5) is 0. The predicted octanol–water partition coefficient (Wildman–Crippen LogP) is 3.37. The van der Waals surface area contributed by atoms with E-state index in [1.54, 1.807) is 6.07 Å². The molecule has 0 saturated carbocycles. The molecule has 0 aliphatic heterocycles. The lowest BCUT2D eigenvalue weighted by atomic mass is 10.3. The summed E-state index contributed by atoms with van der Waals surface area (Å²) in [5, 5.41) is 4.42. The van der Waals surface area contributed by atoms with Crippen LogP contribution in [-0.4, -0.2) is 9.78 Å². The molecule has 0 amide bonds. The summed E-state index contributed by atoms with van der Waals surface area (Å²) in [5.41, 5.74) is 0.903. The van der Waals surface area contributed by atoms with E-state index < -0.39 is 11.6 Å². The van der Waals surface area contributed by atoms with Gasteiger partial charge in [0, 0.05) is 6.07 Å². The highest BCUT2D eigenvalue weighted by Crippen LogP contribution is 2.20. The Labute approximate surface area is 96.5 Å². The lowest BCUT2D eigenvalue weighted by molar-refractivity contribution is 0.573. The molecule has 16 heavy (non-hydrogen) atoms. The average Bonchev–Trinajstić information content (AvgIpc) is 2.60. The quantitative estimate of drug-likeness (QED) is 0.790. The van der Waals surface area contributed by atoms with Crippen LogP contribution in [0.2, 0.25) is 5.15 Å². The Hall–Kier alpha value is -1.42. The maximum Gasteiger partial charge on any atom is 0.151 e. The summed E-state index contributed by atoms with van der Waals surface area (Å²) in [6, 6.07) is 4.94. The molecule has 0 radical (unpaired) electrons.